The average Bonchev–Trinajstić information content (AvgIpc) is 3.42. The van der Waals surface area contributed by atoms with Gasteiger partial charge in [-0.2, -0.15) is 0 Å². The lowest BCUT2D eigenvalue weighted by Crippen LogP contribution is -2.57. The van der Waals surface area contributed by atoms with Crippen molar-refractivity contribution in [1.82, 2.24) is 15.1 Å². The van der Waals surface area contributed by atoms with E-state index >= 15 is 0 Å². The van der Waals surface area contributed by atoms with E-state index in [4.69, 9.17) is 0 Å². The molecule has 1 saturated heterocycles. The number of carbonyl (C=O) groups excluding carboxylic acids is 3. The molecule has 1 aliphatic heterocycles. The topological polar surface area (TPSA) is 104 Å². The van der Waals surface area contributed by atoms with Crippen LogP contribution in [0.1, 0.15) is 31.2 Å². The molecule has 1 atom stereocenters. The second kappa shape index (κ2) is 10.6. The summed E-state index contributed by atoms with van der Waals surface area (Å²) in [5.41, 5.74) is 2.48. The number of carbonyl (C=O) groups is 3. The highest BCUT2D eigenvalue weighted by molar-refractivity contribution is 7.92. The predicted molar refractivity (Wildman–Crippen MR) is 138 cm³/mol. The van der Waals surface area contributed by atoms with Crippen molar-refractivity contribution in [3.8, 4) is 0 Å². The molecular weight excluding hydrogens is 498 g/mol. The van der Waals surface area contributed by atoms with Gasteiger partial charge in [-0.15, -0.1) is 11.3 Å². The number of rotatable bonds is 6. The van der Waals surface area contributed by atoms with E-state index in [1.54, 1.807) is 46.7 Å². The molecule has 0 spiro atoms. The molecule has 0 bridgehead atoms. The fourth-order valence-corrected chi connectivity index (χ4v) is 6.00. The van der Waals surface area contributed by atoms with Gasteiger partial charge in [0.1, 0.15) is 0 Å². The van der Waals surface area contributed by atoms with E-state index in [1.165, 1.54) is 17.0 Å². The summed E-state index contributed by atoms with van der Waals surface area (Å²) < 4.78 is 27.0. The molecule has 1 aliphatic rings. The van der Waals surface area contributed by atoms with Gasteiger partial charge >= 0.3 is 0 Å². The van der Waals surface area contributed by atoms with Gasteiger partial charge in [0.15, 0.2) is 0 Å². The summed E-state index contributed by atoms with van der Waals surface area (Å²) in [4.78, 5) is 42.4. The van der Waals surface area contributed by atoms with Gasteiger partial charge in [-0.25, -0.2) is 8.42 Å². The number of hydrogen-bond donors (Lipinski definition) is 1. The van der Waals surface area contributed by atoms with Crippen LogP contribution in [0.5, 0.6) is 0 Å². The molecule has 1 N–H and O–H groups in total. The van der Waals surface area contributed by atoms with Crippen molar-refractivity contribution in [2.24, 2.45) is 0 Å². The quantitative estimate of drug-likeness (QED) is 0.533. The second-order valence-electron chi connectivity index (χ2n) is 8.67. The third-order valence-corrected chi connectivity index (χ3v) is 8.81. The number of aryl methyl sites for hydroxylation is 2. The highest BCUT2D eigenvalue weighted by Gasteiger charge is 2.39. The molecule has 3 aromatic rings. The Morgan fingerprint density at radius 1 is 0.833 bits per heavy atom. The Morgan fingerprint density at radius 2 is 1.39 bits per heavy atom. The summed E-state index contributed by atoms with van der Waals surface area (Å²) in [6.45, 7) is 4.60. The van der Waals surface area contributed by atoms with Crippen molar-refractivity contribution in [2.45, 2.75) is 24.1 Å². The first-order valence-electron chi connectivity index (χ1n) is 11.5. The van der Waals surface area contributed by atoms with Crippen LogP contribution in [0.4, 0.5) is 0 Å². The van der Waals surface area contributed by atoms with Gasteiger partial charge in [0, 0.05) is 31.7 Å². The number of sulfone groups is 1. The number of thiophene rings is 1. The zero-order valence-electron chi connectivity index (χ0n) is 20.0. The maximum absolute atomic E-state index is 13.5. The zero-order valence-corrected chi connectivity index (χ0v) is 21.6. The average molecular weight is 526 g/mol. The van der Waals surface area contributed by atoms with Crippen molar-refractivity contribution < 1.29 is 22.8 Å². The minimum absolute atomic E-state index is 0.0499. The van der Waals surface area contributed by atoms with Crippen molar-refractivity contribution in [1.29, 1.82) is 0 Å². The lowest BCUT2D eigenvalue weighted by Gasteiger charge is -2.36. The summed E-state index contributed by atoms with van der Waals surface area (Å²) in [6, 6.07) is 16.6. The minimum Gasteiger partial charge on any atom is -0.336 e. The Balaban J connectivity index is 1.53. The van der Waals surface area contributed by atoms with Crippen molar-refractivity contribution >= 4 is 38.9 Å². The van der Waals surface area contributed by atoms with Crippen LogP contribution in [0.25, 0.3) is 0 Å². The number of amides is 3. The van der Waals surface area contributed by atoms with Crippen molar-refractivity contribution in [2.75, 3.05) is 26.2 Å². The highest BCUT2D eigenvalue weighted by atomic mass is 32.2. The van der Waals surface area contributed by atoms with Gasteiger partial charge < -0.3 is 15.1 Å². The zero-order chi connectivity index (χ0) is 25.9. The van der Waals surface area contributed by atoms with Crippen LogP contribution in [0, 0.1) is 13.8 Å². The Labute approximate surface area is 214 Å². The maximum atomic E-state index is 13.5. The van der Waals surface area contributed by atoms with Gasteiger partial charge in [0.2, 0.25) is 15.2 Å². The predicted octanol–water partition coefficient (Wildman–Crippen LogP) is 2.88. The first kappa shape index (κ1) is 25.6. The van der Waals surface area contributed by atoms with E-state index in [0.717, 1.165) is 22.5 Å². The number of benzene rings is 2. The first-order chi connectivity index (χ1) is 17.2. The van der Waals surface area contributed by atoms with Crippen LogP contribution in [0.3, 0.4) is 0 Å². The van der Waals surface area contributed by atoms with Crippen LogP contribution < -0.4 is 5.32 Å². The molecule has 10 heteroatoms. The second-order valence-corrected chi connectivity index (χ2v) is 11.7. The van der Waals surface area contributed by atoms with Crippen LogP contribution >= 0.6 is 11.3 Å². The number of nitrogens with zero attached hydrogens (tertiary/aromatic N) is 2. The summed E-state index contributed by atoms with van der Waals surface area (Å²) >= 11 is 1.16. The van der Waals surface area contributed by atoms with E-state index in [0.29, 0.717) is 10.4 Å². The van der Waals surface area contributed by atoms with Crippen LogP contribution in [-0.2, 0) is 14.6 Å². The van der Waals surface area contributed by atoms with Crippen LogP contribution in [-0.4, -0.2) is 67.5 Å². The molecule has 0 aliphatic carbocycles. The molecule has 2 heterocycles. The third-order valence-electron chi connectivity index (χ3n) is 6.07. The lowest BCUT2D eigenvalue weighted by molar-refractivity contribution is -0.132. The van der Waals surface area contributed by atoms with E-state index in [2.05, 4.69) is 5.32 Å². The van der Waals surface area contributed by atoms with E-state index < -0.39 is 27.0 Å². The van der Waals surface area contributed by atoms with Crippen molar-refractivity contribution in [3.05, 3.63) is 87.6 Å². The van der Waals surface area contributed by atoms with E-state index in [1.807, 2.05) is 26.0 Å². The maximum Gasteiger partial charge on any atom is 0.262 e. The monoisotopic (exact) mass is 525 g/mol. The molecule has 1 aromatic heterocycles. The molecule has 4 rings (SSSR count). The SMILES string of the molecule is Cc1ccc(C(=O)N2CCN(C(=O)C(NC(=O)c3cccs3)S(=O)(=O)c3ccc(C)cc3)CC2)cc1. The van der Waals surface area contributed by atoms with Crippen molar-refractivity contribution in [3.63, 3.8) is 0 Å². The van der Waals surface area contributed by atoms with E-state index in [-0.39, 0.29) is 37.0 Å². The summed E-state index contributed by atoms with van der Waals surface area (Å²) in [5.74, 6) is -1.49. The molecule has 1 unspecified atom stereocenters. The van der Waals surface area contributed by atoms with Gasteiger partial charge in [-0.05, 0) is 49.6 Å². The standard InChI is InChI=1S/C26H27N3O5S2/c1-18-5-9-20(10-6-18)25(31)28-13-15-29(16-14-28)26(32)24(27-23(30)22-4-3-17-35-22)36(33,34)21-11-7-19(2)8-12-21/h3-12,17,24H,13-16H2,1-2H3,(H,27,30). The first-order valence-corrected chi connectivity index (χ1v) is 13.9. The van der Waals surface area contributed by atoms with Gasteiger partial charge in [0.05, 0.1) is 9.77 Å². The van der Waals surface area contributed by atoms with Gasteiger partial charge in [-0.3, -0.25) is 14.4 Å². The molecule has 8 nitrogen and oxygen atoms in total. The number of piperazine rings is 1. The molecule has 188 valence electrons. The normalized spacial score (nSPS) is 14.8. The third kappa shape index (κ3) is 5.50. The number of hydrogen-bond acceptors (Lipinski definition) is 6. The fourth-order valence-electron chi connectivity index (χ4n) is 3.91. The largest absolute Gasteiger partial charge is 0.336 e. The molecular formula is C26H27N3O5S2. The fraction of sp³-hybridized carbons (Fsp3) is 0.269. The van der Waals surface area contributed by atoms with Crippen LogP contribution in [0.2, 0.25) is 0 Å². The summed E-state index contributed by atoms with van der Waals surface area (Å²) in [7, 11) is -4.23. The lowest BCUT2D eigenvalue weighted by atomic mass is 10.1. The van der Waals surface area contributed by atoms with Crippen LogP contribution in [0.15, 0.2) is 70.9 Å². The van der Waals surface area contributed by atoms with E-state index in [9.17, 15) is 22.8 Å². The Hall–Kier alpha value is -3.50. The molecule has 0 saturated carbocycles. The smallest absolute Gasteiger partial charge is 0.262 e. The molecule has 1 fully saturated rings. The Morgan fingerprint density at radius 3 is 1.94 bits per heavy atom. The minimum atomic E-state index is -4.23. The molecule has 2 aromatic carbocycles. The molecule has 0 radical (unpaired) electrons. The van der Waals surface area contributed by atoms with Gasteiger partial charge in [0.25, 0.3) is 17.7 Å². The Bertz CT molecular complexity index is 1340. The Kier molecular flexibility index (Phi) is 7.56. The molecule has 36 heavy (non-hydrogen) atoms. The number of nitrogens with one attached hydrogen (secondary N) is 1. The highest BCUT2D eigenvalue weighted by Crippen LogP contribution is 2.20. The molecule has 3 amide bonds. The van der Waals surface area contributed by atoms with Gasteiger partial charge in [-0.1, -0.05) is 41.5 Å². The summed E-state index contributed by atoms with van der Waals surface area (Å²) in [6.07, 6.45) is 0. The summed E-state index contributed by atoms with van der Waals surface area (Å²) in [5, 5.41) is 2.36.